The number of aromatic nitrogens is 2. The van der Waals surface area contributed by atoms with E-state index in [9.17, 15) is 0 Å². The molecule has 144 valence electrons. The van der Waals surface area contributed by atoms with E-state index >= 15 is 0 Å². The van der Waals surface area contributed by atoms with E-state index in [0.717, 1.165) is 24.8 Å². The topological polar surface area (TPSA) is 83.4 Å². The molecule has 1 heterocycles. The fourth-order valence-electron chi connectivity index (χ4n) is 3.57. The van der Waals surface area contributed by atoms with Gasteiger partial charge in [-0.3, -0.25) is 0 Å². The minimum absolute atomic E-state index is 0. The maximum absolute atomic E-state index is 6.26. The van der Waals surface area contributed by atoms with Crippen LogP contribution in [-0.4, -0.2) is 30.9 Å². The minimum atomic E-state index is 0. The lowest BCUT2D eigenvalue weighted by atomic mass is 9.72. The predicted molar refractivity (Wildman–Crippen MR) is 103 cm³/mol. The lowest BCUT2D eigenvalue weighted by molar-refractivity contribution is 0.177. The van der Waals surface area contributed by atoms with Gasteiger partial charge in [0.15, 0.2) is 11.5 Å². The maximum Gasteiger partial charge on any atom is 0.227 e. The van der Waals surface area contributed by atoms with E-state index in [1.807, 2.05) is 0 Å². The van der Waals surface area contributed by atoms with Crippen LogP contribution in [0.3, 0.4) is 0 Å². The normalized spacial score (nSPS) is 16.0. The SMILES string of the molecule is COc1cc(-c2noc(CC3(CN)CCCCC3)n2)cc(Cl)c1OC.Cl. The first-order valence-corrected chi connectivity index (χ1v) is 8.93. The van der Waals surface area contributed by atoms with Crippen LogP contribution in [0.4, 0.5) is 0 Å². The second-order valence-electron chi connectivity index (χ2n) is 6.65. The molecule has 0 amide bonds. The van der Waals surface area contributed by atoms with Gasteiger partial charge in [0, 0.05) is 12.0 Å². The number of hydrogen-bond acceptors (Lipinski definition) is 6. The molecular weight excluding hydrogens is 377 g/mol. The quantitative estimate of drug-likeness (QED) is 0.777. The van der Waals surface area contributed by atoms with Crippen molar-refractivity contribution < 1.29 is 14.0 Å². The predicted octanol–water partition coefficient (Wildman–Crippen LogP) is 4.28. The first kappa shape index (κ1) is 20.8. The van der Waals surface area contributed by atoms with Gasteiger partial charge in [0.25, 0.3) is 0 Å². The Morgan fingerprint density at radius 2 is 1.92 bits per heavy atom. The third kappa shape index (κ3) is 4.24. The summed E-state index contributed by atoms with van der Waals surface area (Å²) < 4.78 is 16.1. The van der Waals surface area contributed by atoms with Gasteiger partial charge in [-0.05, 0) is 36.9 Å². The number of halogens is 2. The van der Waals surface area contributed by atoms with Crippen molar-refractivity contribution in [2.45, 2.75) is 38.5 Å². The van der Waals surface area contributed by atoms with Crippen molar-refractivity contribution in [3.05, 3.63) is 23.0 Å². The largest absolute Gasteiger partial charge is 0.493 e. The summed E-state index contributed by atoms with van der Waals surface area (Å²) in [7, 11) is 3.11. The Balaban J connectivity index is 0.00000243. The summed E-state index contributed by atoms with van der Waals surface area (Å²) in [5.41, 5.74) is 6.86. The number of ether oxygens (including phenoxy) is 2. The number of rotatable bonds is 6. The fourth-order valence-corrected chi connectivity index (χ4v) is 3.85. The monoisotopic (exact) mass is 401 g/mol. The molecule has 1 fully saturated rings. The van der Waals surface area contributed by atoms with Gasteiger partial charge in [0.1, 0.15) is 0 Å². The molecule has 1 saturated carbocycles. The summed E-state index contributed by atoms with van der Waals surface area (Å²) in [5, 5.41) is 4.55. The van der Waals surface area contributed by atoms with Crippen LogP contribution in [0.2, 0.25) is 5.02 Å². The lowest BCUT2D eigenvalue weighted by Crippen LogP contribution is -2.35. The van der Waals surface area contributed by atoms with E-state index in [4.69, 9.17) is 31.3 Å². The van der Waals surface area contributed by atoms with E-state index in [1.54, 1.807) is 26.4 Å². The highest BCUT2D eigenvalue weighted by Crippen LogP contribution is 2.40. The van der Waals surface area contributed by atoms with E-state index < -0.39 is 0 Å². The van der Waals surface area contributed by atoms with Crippen LogP contribution in [-0.2, 0) is 6.42 Å². The Kier molecular flexibility index (Phi) is 7.15. The van der Waals surface area contributed by atoms with Crippen LogP contribution in [0.1, 0.15) is 38.0 Å². The molecule has 6 nitrogen and oxygen atoms in total. The summed E-state index contributed by atoms with van der Waals surface area (Å²) in [6.07, 6.45) is 6.65. The Labute approximate surface area is 164 Å². The number of benzene rings is 1. The van der Waals surface area contributed by atoms with E-state index in [1.165, 1.54) is 19.3 Å². The van der Waals surface area contributed by atoms with Gasteiger partial charge in [-0.25, -0.2) is 0 Å². The molecule has 26 heavy (non-hydrogen) atoms. The molecule has 1 aromatic carbocycles. The number of methoxy groups -OCH3 is 2. The van der Waals surface area contributed by atoms with Crippen molar-refractivity contribution in [2.24, 2.45) is 11.1 Å². The van der Waals surface area contributed by atoms with Gasteiger partial charge in [-0.1, -0.05) is 36.0 Å². The molecule has 8 heteroatoms. The Morgan fingerprint density at radius 1 is 1.19 bits per heavy atom. The molecule has 2 N–H and O–H groups in total. The van der Waals surface area contributed by atoms with E-state index in [0.29, 0.717) is 34.8 Å². The molecule has 3 rings (SSSR count). The van der Waals surface area contributed by atoms with E-state index in [2.05, 4.69) is 10.1 Å². The molecule has 0 radical (unpaired) electrons. The average molecular weight is 402 g/mol. The molecule has 1 aliphatic rings. The summed E-state index contributed by atoms with van der Waals surface area (Å²) >= 11 is 6.26. The average Bonchev–Trinajstić information content (AvgIpc) is 3.10. The summed E-state index contributed by atoms with van der Waals surface area (Å²) in [4.78, 5) is 4.55. The zero-order valence-electron chi connectivity index (χ0n) is 15.1. The van der Waals surface area contributed by atoms with Crippen LogP contribution >= 0.6 is 24.0 Å². The fraction of sp³-hybridized carbons (Fsp3) is 0.556. The second-order valence-corrected chi connectivity index (χ2v) is 7.05. The van der Waals surface area contributed by atoms with Crippen molar-refractivity contribution in [2.75, 3.05) is 20.8 Å². The summed E-state index contributed by atoms with van der Waals surface area (Å²) in [6, 6.07) is 3.54. The third-order valence-electron chi connectivity index (χ3n) is 5.03. The maximum atomic E-state index is 6.26. The first-order chi connectivity index (χ1) is 12.1. The third-order valence-corrected chi connectivity index (χ3v) is 5.31. The van der Waals surface area contributed by atoms with E-state index in [-0.39, 0.29) is 17.8 Å². The molecule has 1 aliphatic carbocycles. The van der Waals surface area contributed by atoms with Crippen LogP contribution in [0.25, 0.3) is 11.4 Å². The standard InChI is InChI=1S/C18H24ClN3O3.ClH/c1-23-14-9-12(8-13(19)16(14)24-2)17-21-15(25-22-17)10-18(11-20)6-4-3-5-7-18;/h8-9H,3-7,10-11,20H2,1-2H3;1H. The number of nitrogens with two attached hydrogens (primary N) is 1. The van der Waals surface area contributed by atoms with Gasteiger partial charge >= 0.3 is 0 Å². The van der Waals surface area contributed by atoms with Crippen LogP contribution in [0, 0.1) is 5.41 Å². The van der Waals surface area contributed by atoms with Gasteiger partial charge in [-0.15, -0.1) is 12.4 Å². The van der Waals surface area contributed by atoms with Gasteiger partial charge in [0.2, 0.25) is 11.7 Å². The summed E-state index contributed by atoms with van der Waals surface area (Å²) in [6.45, 7) is 0.646. The first-order valence-electron chi connectivity index (χ1n) is 8.55. The second kappa shape index (κ2) is 8.93. The van der Waals surface area contributed by atoms with Crippen LogP contribution < -0.4 is 15.2 Å². The smallest absolute Gasteiger partial charge is 0.227 e. The van der Waals surface area contributed by atoms with Gasteiger partial charge in [-0.2, -0.15) is 4.98 Å². The van der Waals surface area contributed by atoms with Gasteiger partial charge < -0.3 is 19.7 Å². The van der Waals surface area contributed by atoms with Crippen LogP contribution in [0.15, 0.2) is 16.7 Å². The van der Waals surface area contributed by atoms with Crippen molar-refractivity contribution in [1.82, 2.24) is 10.1 Å². The molecular formula is C18H25Cl2N3O3. The zero-order chi connectivity index (χ0) is 17.9. The molecule has 0 unspecified atom stereocenters. The highest BCUT2D eigenvalue weighted by Gasteiger charge is 2.33. The molecule has 0 saturated heterocycles. The zero-order valence-corrected chi connectivity index (χ0v) is 16.7. The highest BCUT2D eigenvalue weighted by atomic mass is 35.5. The molecule has 2 aromatic rings. The molecule has 0 spiro atoms. The Hall–Kier alpha value is -1.50. The lowest BCUT2D eigenvalue weighted by Gasteiger charge is -2.34. The Bertz CT molecular complexity index is 730. The van der Waals surface area contributed by atoms with Crippen molar-refractivity contribution in [3.8, 4) is 22.9 Å². The number of nitrogens with zero attached hydrogens (tertiary/aromatic N) is 2. The Morgan fingerprint density at radius 3 is 2.54 bits per heavy atom. The van der Waals surface area contributed by atoms with Crippen molar-refractivity contribution in [1.29, 1.82) is 0 Å². The molecule has 0 bridgehead atoms. The van der Waals surface area contributed by atoms with Gasteiger partial charge in [0.05, 0.1) is 19.2 Å². The minimum Gasteiger partial charge on any atom is -0.493 e. The van der Waals surface area contributed by atoms with Crippen LogP contribution in [0.5, 0.6) is 11.5 Å². The van der Waals surface area contributed by atoms with Crippen molar-refractivity contribution in [3.63, 3.8) is 0 Å². The van der Waals surface area contributed by atoms with Crippen molar-refractivity contribution >= 4 is 24.0 Å². The highest BCUT2D eigenvalue weighted by molar-refractivity contribution is 6.32. The molecule has 0 atom stereocenters. The number of hydrogen-bond donors (Lipinski definition) is 1. The molecule has 0 aliphatic heterocycles. The molecule has 1 aromatic heterocycles. The summed E-state index contributed by atoms with van der Waals surface area (Å²) in [5.74, 6) is 2.12.